The predicted molar refractivity (Wildman–Crippen MR) is 73.9 cm³/mol. The molecule has 116 valence electrons. The van der Waals surface area contributed by atoms with Crippen LogP contribution < -0.4 is 11.1 Å². The minimum absolute atomic E-state index is 0.0540. The Kier molecular flexibility index (Phi) is 4.15. The number of carbonyl (C=O) groups excluding carboxylic acids is 2. The van der Waals surface area contributed by atoms with E-state index in [2.05, 4.69) is 15.5 Å². The Hall–Kier alpha value is -3.24. The van der Waals surface area contributed by atoms with Gasteiger partial charge in [-0.25, -0.2) is 0 Å². The molecule has 0 atom stereocenters. The quantitative estimate of drug-likeness (QED) is 0.554. The van der Waals surface area contributed by atoms with E-state index in [1.54, 1.807) is 0 Å². The van der Waals surface area contributed by atoms with Crippen molar-refractivity contribution in [1.29, 1.82) is 0 Å². The molecule has 0 spiro atoms. The van der Waals surface area contributed by atoms with Crippen molar-refractivity contribution < 1.29 is 14.5 Å². The number of nitrogens with two attached hydrogens (primary N) is 1. The molecule has 0 radical (unpaired) electrons. The molecule has 0 bridgehead atoms. The third kappa shape index (κ3) is 3.26. The Morgan fingerprint density at radius 2 is 2.14 bits per heavy atom. The van der Waals surface area contributed by atoms with Crippen molar-refractivity contribution in [2.45, 2.75) is 20.0 Å². The monoisotopic (exact) mass is 307 g/mol. The van der Waals surface area contributed by atoms with E-state index in [1.165, 1.54) is 10.9 Å². The van der Waals surface area contributed by atoms with E-state index in [1.807, 2.05) is 6.92 Å². The topological polar surface area (TPSA) is 151 Å². The van der Waals surface area contributed by atoms with Gasteiger partial charge in [-0.05, 0) is 6.92 Å². The van der Waals surface area contributed by atoms with Gasteiger partial charge in [-0.3, -0.25) is 29.1 Å². The van der Waals surface area contributed by atoms with Crippen LogP contribution in [0.3, 0.4) is 0 Å². The van der Waals surface area contributed by atoms with Crippen molar-refractivity contribution in [1.82, 2.24) is 19.6 Å². The second-order valence-electron chi connectivity index (χ2n) is 4.31. The highest BCUT2D eigenvalue weighted by atomic mass is 16.6. The molecule has 3 N–H and O–H groups in total. The van der Waals surface area contributed by atoms with Crippen molar-refractivity contribution in [3.63, 3.8) is 0 Å². The average Bonchev–Trinajstić information content (AvgIpc) is 3.05. The molecule has 2 rings (SSSR count). The number of aromatic nitrogens is 4. The second-order valence-corrected chi connectivity index (χ2v) is 4.31. The summed E-state index contributed by atoms with van der Waals surface area (Å²) in [7, 11) is 0. The van der Waals surface area contributed by atoms with Gasteiger partial charge < -0.3 is 11.1 Å². The molecule has 0 aromatic carbocycles. The lowest BCUT2D eigenvalue weighted by molar-refractivity contribution is -0.385. The zero-order valence-electron chi connectivity index (χ0n) is 11.6. The molecule has 11 heteroatoms. The number of anilines is 1. The number of nitro groups is 1. The van der Waals surface area contributed by atoms with E-state index < -0.39 is 16.7 Å². The minimum atomic E-state index is -0.766. The number of carbonyl (C=O) groups is 2. The first-order valence-corrected chi connectivity index (χ1v) is 6.24. The summed E-state index contributed by atoms with van der Waals surface area (Å²) in [5, 5.41) is 20.6. The fourth-order valence-corrected chi connectivity index (χ4v) is 1.73. The molecule has 2 aromatic rings. The molecule has 22 heavy (non-hydrogen) atoms. The summed E-state index contributed by atoms with van der Waals surface area (Å²) in [5.41, 5.74) is 5.10. The molecule has 0 saturated carbocycles. The summed E-state index contributed by atoms with van der Waals surface area (Å²) >= 11 is 0. The van der Waals surface area contributed by atoms with Crippen LogP contribution in [0.25, 0.3) is 0 Å². The fraction of sp³-hybridized carbons (Fsp3) is 0.273. The molecule has 2 amide bonds. The normalized spacial score (nSPS) is 10.4. The Morgan fingerprint density at radius 1 is 1.41 bits per heavy atom. The largest absolute Gasteiger partial charge is 0.364 e. The molecule has 0 aliphatic heterocycles. The van der Waals surface area contributed by atoms with Crippen LogP contribution >= 0.6 is 0 Å². The van der Waals surface area contributed by atoms with Crippen LogP contribution in [0.15, 0.2) is 18.6 Å². The van der Waals surface area contributed by atoms with E-state index in [0.717, 1.165) is 17.1 Å². The smallest absolute Gasteiger partial charge is 0.307 e. The van der Waals surface area contributed by atoms with Crippen LogP contribution in [0.2, 0.25) is 0 Å². The summed E-state index contributed by atoms with van der Waals surface area (Å²) in [4.78, 5) is 33.1. The Bertz CT molecular complexity index is 733. The highest BCUT2D eigenvalue weighted by Crippen LogP contribution is 2.14. The number of hydrogen-bond donors (Lipinski definition) is 2. The lowest BCUT2D eigenvalue weighted by Gasteiger charge is -2.03. The summed E-state index contributed by atoms with van der Waals surface area (Å²) < 4.78 is 2.57. The van der Waals surface area contributed by atoms with Crippen molar-refractivity contribution in [3.8, 4) is 0 Å². The molecule has 11 nitrogen and oxygen atoms in total. The van der Waals surface area contributed by atoms with Gasteiger partial charge >= 0.3 is 5.69 Å². The highest BCUT2D eigenvalue weighted by Gasteiger charge is 2.17. The minimum Gasteiger partial charge on any atom is -0.364 e. The molecule has 0 saturated heterocycles. The zero-order valence-corrected chi connectivity index (χ0v) is 11.6. The standard InChI is InChI=1S/C11H13N7O4/c1-2-16-5-8(10(15-16)11(12)20)14-9(19)6-17-4-7(3-13-17)18(21)22/h3-5H,2,6H2,1H3,(H2,12,20)(H,14,19). The van der Waals surface area contributed by atoms with E-state index in [-0.39, 0.29) is 23.6 Å². The fourth-order valence-electron chi connectivity index (χ4n) is 1.73. The van der Waals surface area contributed by atoms with Crippen molar-refractivity contribution in [2.75, 3.05) is 5.32 Å². The van der Waals surface area contributed by atoms with Gasteiger partial charge in [0.15, 0.2) is 5.69 Å². The number of amides is 2. The van der Waals surface area contributed by atoms with Gasteiger partial charge in [-0.1, -0.05) is 0 Å². The first-order valence-electron chi connectivity index (χ1n) is 6.24. The lowest BCUT2D eigenvalue weighted by atomic mass is 10.3. The first kappa shape index (κ1) is 15.2. The van der Waals surface area contributed by atoms with Crippen LogP contribution in [0.5, 0.6) is 0 Å². The van der Waals surface area contributed by atoms with E-state index in [9.17, 15) is 19.7 Å². The number of rotatable bonds is 6. The van der Waals surface area contributed by atoms with Crippen LogP contribution in [-0.2, 0) is 17.9 Å². The Balaban J connectivity index is 2.09. The van der Waals surface area contributed by atoms with E-state index >= 15 is 0 Å². The van der Waals surface area contributed by atoms with Gasteiger partial charge in [0, 0.05) is 12.7 Å². The van der Waals surface area contributed by atoms with Gasteiger partial charge in [0.2, 0.25) is 5.91 Å². The molecular weight excluding hydrogens is 294 g/mol. The number of hydrogen-bond acceptors (Lipinski definition) is 6. The maximum absolute atomic E-state index is 11.9. The second kappa shape index (κ2) is 6.03. The number of nitrogens with one attached hydrogen (secondary N) is 1. The van der Waals surface area contributed by atoms with Crippen LogP contribution in [-0.4, -0.2) is 36.3 Å². The van der Waals surface area contributed by atoms with Crippen molar-refractivity contribution >= 4 is 23.2 Å². The Morgan fingerprint density at radius 3 is 2.68 bits per heavy atom. The predicted octanol–water partition coefficient (Wildman–Crippen LogP) is -0.255. The van der Waals surface area contributed by atoms with Crippen LogP contribution in [0, 0.1) is 10.1 Å². The van der Waals surface area contributed by atoms with Crippen LogP contribution in [0.1, 0.15) is 17.4 Å². The third-order valence-electron chi connectivity index (χ3n) is 2.73. The summed E-state index contributed by atoms with van der Waals surface area (Å²) in [6.07, 6.45) is 3.64. The van der Waals surface area contributed by atoms with Crippen molar-refractivity contribution in [2.24, 2.45) is 5.73 Å². The summed E-state index contributed by atoms with van der Waals surface area (Å²) in [6.45, 7) is 2.07. The maximum Gasteiger partial charge on any atom is 0.307 e. The van der Waals surface area contributed by atoms with Gasteiger partial charge in [-0.15, -0.1) is 0 Å². The van der Waals surface area contributed by atoms with E-state index in [4.69, 9.17) is 5.73 Å². The molecule has 2 aromatic heterocycles. The zero-order chi connectivity index (χ0) is 16.3. The van der Waals surface area contributed by atoms with Gasteiger partial charge in [0.1, 0.15) is 18.9 Å². The number of nitrogens with zero attached hydrogens (tertiary/aromatic N) is 5. The molecule has 0 aliphatic rings. The number of primary amides is 1. The maximum atomic E-state index is 11.9. The van der Waals surface area contributed by atoms with E-state index in [0.29, 0.717) is 6.54 Å². The lowest BCUT2D eigenvalue weighted by Crippen LogP contribution is -2.21. The van der Waals surface area contributed by atoms with Gasteiger partial charge in [0.25, 0.3) is 5.91 Å². The SMILES string of the molecule is CCn1cc(NC(=O)Cn2cc([N+](=O)[O-])cn2)c(C(N)=O)n1. The highest BCUT2D eigenvalue weighted by molar-refractivity contribution is 6.01. The third-order valence-corrected chi connectivity index (χ3v) is 2.73. The van der Waals surface area contributed by atoms with Crippen LogP contribution in [0.4, 0.5) is 11.4 Å². The average molecular weight is 307 g/mol. The van der Waals surface area contributed by atoms with Gasteiger partial charge in [0.05, 0.1) is 10.6 Å². The molecule has 0 aliphatic carbocycles. The summed E-state index contributed by atoms with van der Waals surface area (Å²) in [5.74, 6) is -1.28. The molecule has 2 heterocycles. The van der Waals surface area contributed by atoms with Gasteiger partial charge in [-0.2, -0.15) is 10.2 Å². The molecule has 0 unspecified atom stereocenters. The number of aryl methyl sites for hydroxylation is 1. The summed E-state index contributed by atoms with van der Waals surface area (Å²) in [6, 6.07) is 0. The van der Waals surface area contributed by atoms with Crippen molar-refractivity contribution in [3.05, 3.63) is 34.4 Å². The molecular formula is C11H13N7O4. The Labute approximate surface area is 123 Å². The first-order chi connectivity index (χ1) is 10.4. The molecule has 0 fully saturated rings.